The van der Waals surface area contributed by atoms with Crippen LogP contribution in [-0.2, 0) is 27.5 Å². The Labute approximate surface area is 189 Å². The van der Waals surface area contributed by atoms with E-state index in [2.05, 4.69) is 4.98 Å². The molecule has 32 heavy (non-hydrogen) atoms. The van der Waals surface area contributed by atoms with E-state index in [0.29, 0.717) is 23.5 Å². The summed E-state index contributed by atoms with van der Waals surface area (Å²) in [6, 6.07) is 17.5. The minimum Gasteiger partial charge on any atom is -0.459 e. The van der Waals surface area contributed by atoms with Crippen molar-refractivity contribution in [2.24, 2.45) is 0 Å². The predicted molar refractivity (Wildman–Crippen MR) is 118 cm³/mol. The van der Waals surface area contributed by atoms with Gasteiger partial charge in [0.15, 0.2) is 0 Å². The Kier molecular flexibility index (Phi) is 6.91. The number of likely N-dealkylation sites (tertiary alicyclic amines) is 1. The summed E-state index contributed by atoms with van der Waals surface area (Å²) in [6.45, 7) is 0.625. The van der Waals surface area contributed by atoms with Crippen LogP contribution in [0.4, 0.5) is 0 Å². The molecule has 1 saturated heterocycles. The maximum Gasteiger partial charge on any atom is 0.338 e. The quantitative estimate of drug-likeness (QED) is 0.509. The zero-order chi connectivity index (χ0) is 22.3. The molecule has 0 saturated carbocycles. The first-order chi connectivity index (χ1) is 15.6. The van der Waals surface area contributed by atoms with Crippen molar-refractivity contribution in [1.82, 2.24) is 9.88 Å². The van der Waals surface area contributed by atoms with Crippen molar-refractivity contribution in [3.63, 3.8) is 0 Å². The summed E-state index contributed by atoms with van der Waals surface area (Å²) < 4.78 is 10.7. The Morgan fingerprint density at radius 2 is 1.69 bits per heavy atom. The molecule has 3 aromatic rings. The maximum atomic E-state index is 13.0. The van der Waals surface area contributed by atoms with E-state index in [1.165, 1.54) is 16.2 Å². The molecular weight excluding hydrogens is 428 g/mol. The van der Waals surface area contributed by atoms with Crippen molar-refractivity contribution in [3.05, 3.63) is 87.9 Å². The van der Waals surface area contributed by atoms with Gasteiger partial charge in [0.1, 0.15) is 30.0 Å². The molecule has 0 N–H and O–H groups in total. The summed E-state index contributed by atoms with van der Waals surface area (Å²) in [5, 5.41) is 2.14. The van der Waals surface area contributed by atoms with E-state index in [9.17, 15) is 14.4 Å². The Morgan fingerprint density at radius 1 is 0.969 bits per heavy atom. The molecule has 0 radical (unpaired) electrons. The molecule has 1 atom stereocenters. The van der Waals surface area contributed by atoms with Crippen LogP contribution in [0.1, 0.15) is 44.3 Å². The predicted octanol–water partition coefficient (Wildman–Crippen LogP) is 3.85. The number of esters is 2. The molecule has 1 aliphatic heterocycles. The van der Waals surface area contributed by atoms with Gasteiger partial charge >= 0.3 is 11.9 Å². The van der Waals surface area contributed by atoms with Crippen LogP contribution >= 0.6 is 11.3 Å². The Bertz CT molecular complexity index is 1080. The molecule has 1 fully saturated rings. The van der Waals surface area contributed by atoms with Gasteiger partial charge in [-0.1, -0.05) is 48.5 Å². The fourth-order valence-electron chi connectivity index (χ4n) is 3.49. The van der Waals surface area contributed by atoms with Crippen molar-refractivity contribution in [1.29, 1.82) is 0 Å². The highest BCUT2D eigenvalue weighted by Gasteiger charge is 2.36. The lowest BCUT2D eigenvalue weighted by Gasteiger charge is -2.22. The van der Waals surface area contributed by atoms with E-state index in [0.717, 1.165) is 12.0 Å². The molecule has 0 unspecified atom stereocenters. The fourth-order valence-corrected chi connectivity index (χ4v) is 4.17. The summed E-state index contributed by atoms with van der Waals surface area (Å²) in [7, 11) is 0. The van der Waals surface area contributed by atoms with Gasteiger partial charge in [-0.15, -0.1) is 11.3 Å². The van der Waals surface area contributed by atoms with Gasteiger partial charge in [-0.2, -0.15) is 0 Å². The van der Waals surface area contributed by atoms with Gasteiger partial charge in [0.2, 0.25) is 0 Å². The second kappa shape index (κ2) is 10.2. The molecule has 0 aliphatic carbocycles. The molecule has 7 nitrogen and oxygen atoms in total. The van der Waals surface area contributed by atoms with Crippen LogP contribution in [0.2, 0.25) is 0 Å². The maximum absolute atomic E-state index is 13.0. The number of hydrogen-bond donors (Lipinski definition) is 0. The van der Waals surface area contributed by atoms with Crippen LogP contribution in [0.3, 0.4) is 0 Å². The minimum atomic E-state index is -0.618. The van der Waals surface area contributed by atoms with Crippen LogP contribution < -0.4 is 0 Å². The second-order valence-corrected chi connectivity index (χ2v) is 8.26. The summed E-state index contributed by atoms with van der Waals surface area (Å²) in [6.07, 6.45) is 1.29. The highest BCUT2D eigenvalue weighted by Crippen LogP contribution is 2.23. The zero-order valence-electron chi connectivity index (χ0n) is 17.3. The third-order valence-electron chi connectivity index (χ3n) is 5.12. The molecule has 4 rings (SSSR count). The van der Waals surface area contributed by atoms with Gasteiger partial charge < -0.3 is 14.4 Å². The van der Waals surface area contributed by atoms with Crippen molar-refractivity contribution in [2.75, 3.05) is 6.54 Å². The first-order valence-electron chi connectivity index (χ1n) is 10.3. The average molecular weight is 451 g/mol. The standard InChI is InChI=1S/C24H22N2O5S/c27-22(19-16-32-21(25-19)15-31-23(28)18-10-5-2-6-11-18)26-13-7-12-20(26)24(29)30-14-17-8-3-1-4-9-17/h1-6,8-11,16,20H,7,12-15H2/t20-/m0/s1. The SMILES string of the molecule is O=C(OCc1nc(C(=O)N2CCC[C@H]2C(=O)OCc2ccccc2)cs1)c1ccccc1. The lowest BCUT2D eigenvalue weighted by Crippen LogP contribution is -2.41. The first kappa shape index (κ1) is 21.7. The number of carbonyl (C=O) groups is 3. The van der Waals surface area contributed by atoms with Crippen molar-refractivity contribution in [2.45, 2.75) is 32.1 Å². The monoisotopic (exact) mass is 450 g/mol. The molecule has 2 heterocycles. The third kappa shape index (κ3) is 5.20. The zero-order valence-corrected chi connectivity index (χ0v) is 18.1. The van der Waals surface area contributed by atoms with Gasteiger partial charge in [0.05, 0.1) is 5.56 Å². The largest absolute Gasteiger partial charge is 0.459 e. The molecule has 1 aliphatic rings. The number of aromatic nitrogens is 1. The lowest BCUT2D eigenvalue weighted by atomic mass is 10.2. The number of benzene rings is 2. The molecular formula is C24H22N2O5S. The number of nitrogens with zero attached hydrogens (tertiary/aromatic N) is 2. The van der Waals surface area contributed by atoms with Gasteiger partial charge in [-0.3, -0.25) is 4.79 Å². The summed E-state index contributed by atoms with van der Waals surface area (Å²) in [5.74, 6) is -1.18. The third-order valence-corrected chi connectivity index (χ3v) is 5.94. The Balaban J connectivity index is 1.33. The highest BCUT2D eigenvalue weighted by atomic mass is 32.1. The molecule has 2 aromatic carbocycles. The number of ether oxygens (including phenoxy) is 2. The van der Waals surface area contributed by atoms with E-state index < -0.39 is 18.0 Å². The molecule has 164 valence electrons. The van der Waals surface area contributed by atoms with Crippen molar-refractivity contribution < 1.29 is 23.9 Å². The number of amides is 1. The lowest BCUT2D eigenvalue weighted by molar-refractivity contribution is -0.149. The van der Waals surface area contributed by atoms with E-state index in [4.69, 9.17) is 9.47 Å². The van der Waals surface area contributed by atoms with Gasteiger partial charge in [-0.25, -0.2) is 14.6 Å². The average Bonchev–Trinajstić information content (AvgIpc) is 3.52. The second-order valence-electron chi connectivity index (χ2n) is 7.32. The molecule has 0 spiro atoms. The van der Waals surface area contributed by atoms with Crippen molar-refractivity contribution in [3.8, 4) is 0 Å². The summed E-state index contributed by atoms with van der Waals surface area (Å²) in [5.41, 5.74) is 1.59. The van der Waals surface area contributed by atoms with Crippen LogP contribution in [-0.4, -0.2) is 40.3 Å². The Morgan fingerprint density at radius 3 is 2.44 bits per heavy atom. The topological polar surface area (TPSA) is 85.8 Å². The molecule has 1 aromatic heterocycles. The molecule has 0 bridgehead atoms. The fraction of sp³-hybridized carbons (Fsp3) is 0.250. The van der Waals surface area contributed by atoms with Crippen LogP contribution in [0, 0.1) is 0 Å². The van der Waals surface area contributed by atoms with E-state index in [1.807, 2.05) is 36.4 Å². The van der Waals surface area contributed by atoms with Gasteiger partial charge in [-0.05, 0) is 30.5 Å². The van der Waals surface area contributed by atoms with Crippen LogP contribution in [0.5, 0.6) is 0 Å². The number of thiazole rings is 1. The van der Waals surface area contributed by atoms with E-state index in [-0.39, 0.29) is 24.8 Å². The van der Waals surface area contributed by atoms with Crippen molar-refractivity contribution >= 4 is 29.2 Å². The summed E-state index contributed by atoms with van der Waals surface area (Å²) in [4.78, 5) is 43.5. The number of hydrogen-bond acceptors (Lipinski definition) is 7. The molecule has 8 heteroatoms. The van der Waals surface area contributed by atoms with Crippen LogP contribution in [0.25, 0.3) is 0 Å². The Hall–Kier alpha value is -3.52. The van der Waals surface area contributed by atoms with Gasteiger partial charge in [0, 0.05) is 11.9 Å². The van der Waals surface area contributed by atoms with E-state index in [1.54, 1.807) is 29.6 Å². The summed E-state index contributed by atoms with van der Waals surface area (Å²) >= 11 is 1.24. The number of carbonyl (C=O) groups excluding carboxylic acids is 3. The highest BCUT2D eigenvalue weighted by molar-refractivity contribution is 7.09. The minimum absolute atomic E-state index is 0.0196. The first-order valence-corrected chi connectivity index (χ1v) is 11.2. The number of rotatable bonds is 7. The van der Waals surface area contributed by atoms with Gasteiger partial charge in [0.25, 0.3) is 5.91 Å². The molecule has 1 amide bonds. The van der Waals surface area contributed by atoms with Crippen LogP contribution in [0.15, 0.2) is 66.0 Å². The smallest absolute Gasteiger partial charge is 0.338 e. The van der Waals surface area contributed by atoms with E-state index >= 15 is 0 Å². The normalized spacial score (nSPS) is 15.4.